The van der Waals surface area contributed by atoms with E-state index in [1.807, 2.05) is 0 Å². The summed E-state index contributed by atoms with van der Waals surface area (Å²) in [5.74, 6) is -2.14. The average molecular weight is 204 g/mol. The Labute approximate surface area is 82.2 Å². The summed E-state index contributed by atoms with van der Waals surface area (Å²) >= 11 is 0. The number of carbonyl (C=O) groups excluding carboxylic acids is 1. The van der Waals surface area contributed by atoms with Crippen LogP contribution in [0.2, 0.25) is 0 Å². The molecule has 14 heavy (non-hydrogen) atoms. The van der Waals surface area contributed by atoms with Crippen LogP contribution in [-0.2, 0) is 14.3 Å². The van der Waals surface area contributed by atoms with E-state index in [0.717, 1.165) is 0 Å². The Hall–Kier alpha value is -1.14. The van der Waals surface area contributed by atoms with Gasteiger partial charge in [0.2, 0.25) is 0 Å². The molecule has 0 amide bonds. The molecule has 6 heteroatoms. The minimum Gasteiger partial charge on any atom is -0.480 e. The number of aliphatic carboxylic acids is 1. The van der Waals surface area contributed by atoms with Crippen LogP contribution >= 0.6 is 0 Å². The molecule has 1 unspecified atom stereocenters. The number of hydrogen-bond donors (Lipinski definition) is 3. The van der Waals surface area contributed by atoms with E-state index in [4.69, 9.17) is 21.3 Å². The minimum atomic E-state index is -1.44. The summed E-state index contributed by atoms with van der Waals surface area (Å²) < 4.78 is 4.86. The fraction of sp³-hybridized carbons (Fsp3) is 0.750. The smallest absolute Gasteiger partial charge is 0.325 e. The highest BCUT2D eigenvalue weighted by Crippen LogP contribution is 2.08. The second kappa shape index (κ2) is 4.39. The van der Waals surface area contributed by atoms with E-state index < -0.39 is 29.6 Å². The summed E-state index contributed by atoms with van der Waals surface area (Å²) in [7, 11) is 0. The lowest BCUT2D eigenvalue weighted by molar-refractivity contribution is -0.159. The molecule has 5 N–H and O–H groups in total. The fourth-order valence-corrected chi connectivity index (χ4v) is 0.670. The van der Waals surface area contributed by atoms with Gasteiger partial charge >= 0.3 is 11.9 Å². The zero-order valence-electron chi connectivity index (χ0n) is 8.48. The van der Waals surface area contributed by atoms with Crippen molar-refractivity contribution in [3.8, 4) is 0 Å². The van der Waals surface area contributed by atoms with Crippen LogP contribution in [0, 0.1) is 0 Å². The van der Waals surface area contributed by atoms with Gasteiger partial charge in [0.15, 0.2) is 0 Å². The minimum absolute atomic E-state index is 0.701. The summed E-state index contributed by atoms with van der Waals surface area (Å²) in [4.78, 5) is 21.6. The van der Waals surface area contributed by atoms with Crippen LogP contribution in [0.3, 0.4) is 0 Å². The summed E-state index contributed by atoms with van der Waals surface area (Å²) in [6.07, 6.45) is 0. The first-order valence-corrected chi connectivity index (χ1v) is 4.12. The Morgan fingerprint density at radius 1 is 1.21 bits per heavy atom. The molecule has 0 bridgehead atoms. The normalized spacial score (nSPS) is 15.8. The number of rotatable bonds is 3. The first-order valence-electron chi connectivity index (χ1n) is 4.12. The number of hydrogen-bond acceptors (Lipinski definition) is 5. The average Bonchev–Trinajstić information content (AvgIpc) is 1.98. The van der Waals surface area contributed by atoms with Gasteiger partial charge in [0.25, 0.3) is 0 Å². The number of nitrogens with two attached hydrogens (primary N) is 2. The van der Waals surface area contributed by atoms with Crippen LogP contribution in [0.1, 0.15) is 20.8 Å². The van der Waals surface area contributed by atoms with Gasteiger partial charge in [-0.1, -0.05) is 0 Å². The van der Waals surface area contributed by atoms with E-state index in [1.165, 1.54) is 0 Å². The topological polar surface area (TPSA) is 116 Å². The maximum absolute atomic E-state index is 11.2. The van der Waals surface area contributed by atoms with Gasteiger partial charge in [0.05, 0.1) is 0 Å². The summed E-state index contributed by atoms with van der Waals surface area (Å²) in [6.45, 7) is 4.97. The molecular formula is C8H16N2O4. The summed E-state index contributed by atoms with van der Waals surface area (Å²) in [5, 5.41) is 8.49. The highest BCUT2D eigenvalue weighted by molar-refractivity contribution is 5.86. The predicted molar refractivity (Wildman–Crippen MR) is 49.4 cm³/mol. The highest BCUT2D eigenvalue weighted by atomic mass is 16.6. The molecule has 0 fully saturated rings. The molecular weight excluding hydrogens is 188 g/mol. The first kappa shape index (κ1) is 12.9. The van der Waals surface area contributed by atoms with E-state index in [1.54, 1.807) is 20.8 Å². The van der Waals surface area contributed by atoms with Gasteiger partial charge in [0, 0.05) is 0 Å². The van der Waals surface area contributed by atoms with Gasteiger partial charge in [-0.15, -0.1) is 0 Å². The van der Waals surface area contributed by atoms with Crippen molar-refractivity contribution in [2.45, 2.75) is 38.5 Å². The maximum Gasteiger partial charge on any atom is 0.325 e. The van der Waals surface area contributed by atoms with Crippen molar-refractivity contribution in [1.29, 1.82) is 0 Å². The molecule has 0 saturated heterocycles. The Morgan fingerprint density at radius 3 is 1.93 bits per heavy atom. The zero-order valence-corrected chi connectivity index (χ0v) is 8.48. The molecule has 82 valence electrons. The van der Waals surface area contributed by atoms with Gasteiger partial charge < -0.3 is 21.3 Å². The van der Waals surface area contributed by atoms with Gasteiger partial charge in [-0.05, 0) is 20.8 Å². The monoisotopic (exact) mass is 204 g/mol. The van der Waals surface area contributed by atoms with E-state index in [2.05, 4.69) is 0 Å². The molecule has 0 aliphatic carbocycles. The van der Waals surface area contributed by atoms with Crippen LogP contribution < -0.4 is 11.5 Å². The molecule has 2 atom stereocenters. The van der Waals surface area contributed by atoms with Crippen LogP contribution in [0.5, 0.6) is 0 Å². The lowest BCUT2D eigenvalue weighted by Crippen LogP contribution is -2.53. The van der Waals surface area contributed by atoms with Crippen LogP contribution in [0.4, 0.5) is 0 Å². The predicted octanol–water partition coefficient (Wildman–Crippen LogP) is -0.933. The quantitative estimate of drug-likeness (QED) is 0.511. The molecule has 0 saturated carbocycles. The Kier molecular flexibility index (Phi) is 4.03. The molecule has 0 heterocycles. The zero-order chi connectivity index (χ0) is 11.5. The van der Waals surface area contributed by atoms with Crippen LogP contribution in [-0.4, -0.2) is 34.7 Å². The van der Waals surface area contributed by atoms with Crippen LogP contribution in [0.15, 0.2) is 0 Å². The van der Waals surface area contributed by atoms with Crippen molar-refractivity contribution in [1.82, 2.24) is 0 Å². The number of esters is 1. The number of carboxylic acids is 1. The molecule has 0 spiro atoms. The van der Waals surface area contributed by atoms with Crippen molar-refractivity contribution in [3.63, 3.8) is 0 Å². The van der Waals surface area contributed by atoms with E-state index >= 15 is 0 Å². The third kappa shape index (κ3) is 4.20. The molecule has 0 aromatic rings. The second-order valence-corrected chi connectivity index (χ2v) is 3.92. The summed E-state index contributed by atoms with van der Waals surface area (Å²) in [6, 6.07) is -2.78. The largest absolute Gasteiger partial charge is 0.480 e. The maximum atomic E-state index is 11.2. The van der Waals surface area contributed by atoms with E-state index in [9.17, 15) is 9.59 Å². The Bertz CT molecular complexity index is 234. The van der Waals surface area contributed by atoms with E-state index in [0.29, 0.717) is 0 Å². The SMILES string of the molecule is CC(C)(C)OC(=O)C(N)[C@@H](N)C(=O)O. The van der Waals surface area contributed by atoms with Crippen LogP contribution in [0.25, 0.3) is 0 Å². The third-order valence-corrected chi connectivity index (χ3v) is 1.35. The number of carbonyl (C=O) groups is 2. The van der Waals surface area contributed by atoms with Crippen molar-refractivity contribution in [2.75, 3.05) is 0 Å². The molecule has 0 aromatic carbocycles. The molecule has 0 aliphatic heterocycles. The van der Waals surface area contributed by atoms with Crippen molar-refractivity contribution >= 4 is 11.9 Å². The Balaban J connectivity index is 4.33. The van der Waals surface area contributed by atoms with Gasteiger partial charge in [0.1, 0.15) is 17.7 Å². The van der Waals surface area contributed by atoms with Crippen molar-refractivity contribution < 1.29 is 19.4 Å². The lowest BCUT2D eigenvalue weighted by Gasteiger charge is -2.23. The van der Waals surface area contributed by atoms with Gasteiger partial charge in [-0.25, -0.2) is 0 Å². The first-order chi connectivity index (χ1) is 6.15. The van der Waals surface area contributed by atoms with Gasteiger partial charge in [-0.2, -0.15) is 0 Å². The number of ether oxygens (including phenoxy) is 1. The van der Waals surface area contributed by atoms with Crippen molar-refractivity contribution in [3.05, 3.63) is 0 Å². The molecule has 6 nitrogen and oxygen atoms in total. The fourth-order valence-electron chi connectivity index (χ4n) is 0.670. The highest BCUT2D eigenvalue weighted by Gasteiger charge is 2.30. The standard InChI is InChI=1S/C8H16N2O4/c1-8(2,3)14-7(13)5(10)4(9)6(11)12/h4-5H,9-10H2,1-3H3,(H,11,12)/t4-,5?/m1/s1. The molecule has 0 radical (unpaired) electrons. The lowest BCUT2D eigenvalue weighted by atomic mass is 10.1. The van der Waals surface area contributed by atoms with E-state index in [-0.39, 0.29) is 0 Å². The Morgan fingerprint density at radius 2 is 1.64 bits per heavy atom. The van der Waals surface area contributed by atoms with Gasteiger partial charge in [-0.3, -0.25) is 9.59 Å². The second-order valence-electron chi connectivity index (χ2n) is 3.92. The van der Waals surface area contributed by atoms with Crippen molar-refractivity contribution in [2.24, 2.45) is 11.5 Å². The molecule has 0 aromatic heterocycles. The summed E-state index contributed by atoms with van der Waals surface area (Å²) in [5.41, 5.74) is 9.74. The third-order valence-electron chi connectivity index (χ3n) is 1.35. The molecule has 0 rings (SSSR count). The number of carboxylic acid groups (broad SMARTS) is 1. The molecule has 0 aliphatic rings.